The van der Waals surface area contributed by atoms with E-state index in [2.05, 4.69) is 17.0 Å². The number of benzene rings is 2. The van der Waals surface area contributed by atoms with E-state index in [4.69, 9.17) is 18.9 Å². The van der Waals surface area contributed by atoms with Gasteiger partial charge in [-0.1, -0.05) is 42.5 Å². The van der Waals surface area contributed by atoms with Crippen LogP contribution in [-0.2, 0) is 27.4 Å². The van der Waals surface area contributed by atoms with Gasteiger partial charge in [-0.15, -0.1) is 0 Å². The van der Waals surface area contributed by atoms with Crippen LogP contribution in [0.1, 0.15) is 25.0 Å². The summed E-state index contributed by atoms with van der Waals surface area (Å²) >= 11 is 0. The molecule has 0 unspecified atom stereocenters. The van der Waals surface area contributed by atoms with Crippen LogP contribution in [-0.4, -0.2) is 60.4 Å². The lowest BCUT2D eigenvalue weighted by atomic mass is 9.91. The molecular formula is C24H31NO5. The molecule has 2 aliphatic heterocycles. The van der Waals surface area contributed by atoms with E-state index < -0.39 is 18.0 Å². The molecule has 6 nitrogen and oxygen atoms in total. The molecule has 0 amide bonds. The summed E-state index contributed by atoms with van der Waals surface area (Å²) in [5.74, 6) is 0.0980. The van der Waals surface area contributed by atoms with Gasteiger partial charge in [0.15, 0.2) is 5.79 Å². The van der Waals surface area contributed by atoms with Crippen LogP contribution in [0, 0.1) is 0 Å². The van der Waals surface area contributed by atoms with Crippen molar-refractivity contribution in [3.63, 3.8) is 0 Å². The zero-order chi connectivity index (χ0) is 21.1. The zero-order valence-electron chi connectivity index (χ0n) is 17.9. The number of piperidine rings is 1. The van der Waals surface area contributed by atoms with Crippen LogP contribution < -0.4 is 4.74 Å². The molecule has 1 N–H and O–H groups in total. The summed E-state index contributed by atoms with van der Waals surface area (Å²) in [6, 6.07) is 18.1. The molecule has 2 aromatic rings. The number of fused-ring (bicyclic) bond motifs is 1. The number of likely N-dealkylation sites (tertiary alicyclic amines) is 1. The van der Waals surface area contributed by atoms with Crippen molar-refractivity contribution in [2.24, 2.45) is 0 Å². The zero-order valence-corrected chi connectivity index (χ0v) is 17.9. The van der Waals surface area contributed by atoms with E-state index in [1.807, 2.05) is 56.3 Å². The van der Waals surface area contributed by atoms with E-state index in [1.165, 1.54) is 5.56 Å². The molecule has 0 aliphatic carbocycles. The molecule has 6 heteroatoms. The van der Waals surface area contributed by atoms with Gasteiger partial charge in [-0.2, -0.15) is 0 Å². The second-order valence-electron chi connectivity index (χ2n) is 8.47. The van der Waals surface area contributed by atoms with E-state index in [0.29, 0.717) is 19.8 Å². The standard InChI is InChI=1S/C24H31NO5/c1-24(2)29-16-20-22(30-24)23(28-15-18-9-11-19(27-3)12-10-18)21(26)14-25(20)13-17-7-5-4-6-8-17/h4-12,20-23,26H,13-16H2,1-3H3/t20-,21-,22-,23-/m1/s1. The topological polar surface area (TPSA) is 60.4 Å². The Hall–Kier alpha value is -1.96. The molecule has 0 radical (unpaired) electrons. The third-order valence-electron chi connectivity index (χ3n) is 5.82. The maximum atomic E-state index is 11.0. The Morgan fingerprint density at radius 2 is 1.80 bits per heavy atom. The summed E-state index contributed by atoms with van der Waals surface area (Å²) in [6.07, 6.45) is -1.35. The number of β-amino-alcohol motifs (C(OH)–C–C–N with tert-alkyl or cyclic N) is 1. The molecule has 0 bridgehead atoms. The second-order valence-corrected chi connectivity index (χ2v) is 8.47. The Kier molecular flexibility index (Phi) is 6.41. The van der Waals surface area contributed by atoms with Crippen molar-refractivity contribution in [1.82, 2.24) is 4.90 Å². The Balaban J connectivity index is 1.49. The van der Waals surface area contributed by atoms with Crippen LogP contribution in [0.3, 0.4) is 0 Å². The molecule has 0 spiro atoms. The molecule has 0 aromatic heterocycles. The minimum atomic E-state index is -0.710. The highest BCUT2D eigenvalue weighted by atomic mass is 16.7. The molecule has 4 atom stereocenters. The maximum absolute atomic E-state index is 11.0. The summed E-state index contributed by atoms with van der Waals surface area (Å²) in [5.41, 5.74) is 2.23. The van der Waals surface area contributed by atoms with Gasteiger partial charge in [0.05, 0.1) is 32.5 Å². The number of aliphatic hydroxyl groups is 1. The minimum Gasteiger partial charge on any atom is -0.497 e. The van der Waals surface area contributed by atoms with Crippen LogP contribution in [0.15, 0.2) is 54.6 Å². The Morgan fingerprint density at radius 1 is 1.07 bits per heavy atom. The summed E-state index contributed by atoms with van der Waals surface area (Å²) in [5, 5.41) is 11.0. The third kappa shape index (κ3) is 4.85. The van der Waals surface area contributed by atoms with E-state index in [0.717, 1.165) is 17.9 Å². The van der Waals surface area contributed by atoms with Crippen molar-refractivity contribution < 1.29 is 24.1 Å². The van der Waals surface area contributed by atoms with Crippen LogP contribution in [0.2, 0.25) is 0 Å². The Labute approximate surface area is 178 Å². The van der Waals surface area contributed by atoms with Gasteiger partial charge in [-0.25, -0.2) is 0 Å². The van der Waals surface area contributed by atoms with E-state index in [-0.39, 0.29) is 12.1 Å². The SMILES string of the molecule is COc1ccc(CO[C@H]2[C@@H]3OC(C)(C)OC[C@H]3N(Cc3ccccc3)C[C@H]2O)cc1. The van der Waals surface area contributed by atoms with Gasteiger partial charge in [0.25, 0.3) is 0 Å². The van der Waals surface area contributed by atoms with Gasteiger partial charge in [0.2, 0.25) is 0 Å². The molecule has 2 fully saturated rings. The van der Waals surface area contributed by atoms with Crippen molar-refractivity contribution >= 4 is 0 Å². The molecule has 2 saturated heterocycles. The molecule has 2 heterocycles. The average Bonchev–Trinajstić information content (AvgIpc) is 2.74. The number of rotatable bonds is 6. The van der Waals surface area contributed by atoms with Gasteiger partial charge < -0.3 is 24.1 Å². The predicted molar refractivity (Wildman–Crippen MR) is 113 cm³/mol. The number of hydrogen-bond acceptors (Lipinski definition) is 6. The van der Waals surface area contributed by atoms with Crippen LogP contribution in [0.25, 0.3) is 0 Å². The fourth-order valence-corrected chi connectivity index (χ4v) is 4.24. The first-order valence-corrected chi connectivity index (χ1v) is 10.5. The largest absolute Gasteiger partial charge is 0.497 e. The van der Waals surface area contributed by atoms with Gasteiger partial charge in [-0.05, 0) is 37.1 Å². The van der Waals surface area contributed by atoms with Crippen molar-refractivity contribution in [3.05, 3.63) is 65.7 Å². The fraction of sp³-hybridized carbons (Fsp3) is 0.500. The molecular weight excluding hydrogens is 382 g/mol. The lowest BCUT2D eigenvalue weighted by Gasteiger charge is -2.52. The van der Waals surface area contributed by atoms with E-state index in [9.17, 15) is 5.11 Å². The van der Waals surface area contributed by atoms with Crippen molar-refractivity contribution in [2.45, 2.75) is 57.1 Å². The van der Waals surface area contributed by atoms with Gasteiger partial charge >= 0.3 is 0 Å². The van der Waals surface area contributed by atoms with E-state index in [1.54, 1.807) is 7.11 Å². The summed E-state index contributed by atoms with van der Waals surface area (Å²) in [4.78, 5) is 2.24. The summed E-state index contributed by atoms with van der Waals surface area (Å²) < 4.78 is 23.7. The molecule has 162 valence electrons. The molecule has 2 aliphatic rings. The lowest BCUT2D eigenvalue weighted by Crippen LogP contribution is -2.68. The Morgan fingerprint density at radius 3 is 2.50 bits per heavy atom. The van der Waals surface area contributed by atoms with Crippen LogP contribution >= 0.6 is 0 Å². The molecule has 4 rings (SSSR count). The van der Waals surface area contributed by atoms with Gasteiger partial charge in [0.1, 0.15) is 18.0 Å². The normalized spacial score (nSPS) is 28.7. The van der Waals surface area contributed by atoms with E-state index >= 15 is 0 Å². The smallest absolute Gasteiger partial charge is 0.163 e. The molecule has 30 heavy (non-hydrogen) atoms. The van der Waals surface area contributed by atoms with Crippen LogP contribution in [0.5, 0.6) is 5.75 Å². The number of nitrogens with zero attached hydrogens (tertiary/aromatic N) is 1. The average molecular weight is 414 g/mol. The summed E-state index contributed by atoms with van der Waals surface area (Å²) in [6.45, 7) is 6.00. The highest BCUT2D eigenvalue weighted by Crippen LogP contribution is 2.34. The third-order valence-corrected chi connectivity index (χ3v) is 5.82. The quantitative estimate of drug-likeness (QED) is 0.786. The monoisotopic (exact) mass is 413 g/mol. The minimum absolute atomic E-state index is 0.0162. The first kappa shape index (κ1) is 21.3. The predicted octanol–water partition coefficient (Wildman–Crippen LogP) is 2.98. The van der Waals surface area contributed by atoms with Gasteiger partial charge in [-0.3, -0.25) is 4.90 Å². The van der Waals surface area contributed by atoms with Crippen LogP contribution in [0.4, 0.5) is 0 Å². The van der Waals surface area contributed by atoms with Crippen molar-refractivity contribution in [2.75, 3.05) is 20.3 Å². The highest BCUT2D eigenvalue weighted by Gasteiger charge is 2.50. The second kappa shape index (κ2) is 9.04. The first-order chi connectivity index (χ1) is 14.4. The molecule has 0 saturated carbocycles. The number of hydrogen-bond donors (Lipinski definition) is 1. The maximum Gasteiger partial charge on any atom is 0.163 e. The lowest BCUT2D eigenvalue weighted by molar-refractivity contribution is -0.331. The Bertz CT molecular complexity index is 810. The number of methoxy groups -OCH3 is 1. The van der Waals surface area contributed by atoms with Crippen molar-refractivity contribution in [1.29, 1.82) is 0 Å². The summed E-state index contributed by atoms with van der Waals surface area (Å²) in [7, 11) is 1.65. The van der Waals surface area contributed by atoms with Crippen molar-refractivity contribution in [3.8, 4) is 5.75 Å². The van der Waals surface area contributed by atoms with Gasteiger partial charge in [0, 0.05) is 13.1 Å². The highest BCUT2D eigenvalue weighted by molar-refractivity contribution is 5.26. The fourth-order valence-electron chi connectivity index (χ4n) is 4.24. The first-order valence-electron chi connectivity index (χ1n) is 10.5. The number of ether oxygens (including phenoxy) is 4. The molecule has 2 aromatic carbocycles. The number of aliphatic hydroxyl groups excluding tert-OH is 1.